The second-order valence-corrected chi connectivity index (χ2v) is 10.2. The third kappa shape index (κ3) is 5.38. The number of nitrogens with zero attached hydrogens (tertiary/aromatic N) is 3. The number of amides is 1. The summed E-state index contributed by atoms with van der Waals surface area (Å²) in [5.74, 6) is -2.58. The first-order chi connectivity index (χ1) is 19.1. The summed E-state index contributed by atoms with van der Waals surface area (Å²) in [7, 11) is 1.63. The van der Waals surface area contributed by atoms with Gasteiger partial charge in [-0.05, 0) is 53.6 Å². The summed E-state index contributed by atoms with van der Waals surface area (Å²) in [6.07, 6.45) is -1.31. The maximum absolute atomic E-state index is 14.1. The second-order valence-electron chi connectivity index (χ2n) is 10.2. The van der Waals surface area contributed by atoms with Crippen molar-refractivity contribution in [3.63, 3.8) is 0 Å². The molecule has 0 atom stereocenters. The smallest absolute Gasteiger partial charge is 0.434 e. The van der Waals surface area contributed by atoms with Gasteiger partial charge in [-0.15, -0.1) is 0 Å². The Morgan fingerprint density at radius 2 is 1.77 bits per heavy atom. The molecule has 210 valence electrons. The molecule has 5 rings (SSSR count). The molecule has 1 aromatic heterocycles. The molecule has 1 amide bonds. The van der Waals surface area contributed by atoms with Crippen molar-refractivity contribution in [2.75, 3.05) is 18.6 Å². The van der Waals surface area contributed by atoms with Crippen LogP contribution >= 0.6 is 0 Å². The number of carboxylic acid groups (broad SMARTS) is 1. The number of carbonyl (C=O) groups is 2. The van der Waals surface area contributed by atoms with Gasteiger partial charge in [-0.25, -0.2) is 14.8 Å². The third-order valence-corrected chi connectivity index (χ3v) is 7.57. The van der Waals surface area contributed by atoms with Crippen LogP contribution in [0.15, 0.2) is 48.7 Å². The zero-order valence-corrected chi connectivity index (χ0v) is 21.9. The number of carboxylic acids is 1. The second kappa shape index (κ2) is 10.9. The Balaban J connectivity index is 1.42. The Morgan fingerprint density at radius 3 is 2.42 bits per heavy atom. The van der Waals surface area contributed by atoms with E-state index >= 15 is 0 Å². The Kier molecular flexibility index (Phi) is 7.50. The van der Waals surface area contributed by atoms with E-state index in [9.17, 15) is 27.9 Å². The maximum atomic E-state index is 14.1. The number of anilines is 2. The van der Waals surface area contributed by atoms with Crippen LogP contribution in [0, 0.1) is 0 Å². The van der Waals surface area contributed by atoms with Gasteiger partial charge in [0, 0.05) is 25.5 Å². The van der Waals surface area contributed by atoms with Gasteiger partial charge in [0.1, 0.15) is 5.54 Å². The van der Waals surface area contributed by atoms with Gasteiger partial charge in [0.15, 0.2) is 5.69 Å². The highest BCUT2D eigenvalue weighted by atomic mass is 19.4. The fourth-order valence-corrected chi connectivity index (χ4v) is 5.47. The van der Waals surface area contributed by atoms with Crippen LogP contribution in [0.25, 0.3) is 11.1 Å². The molecular formula is C29H29F3N4O4. The van der Waals surface area contributed by atoms with E-state index in [0.29, 0.717) is 38.1 Å². The van der Waals surface area contributed by atoms with Crippen molar-refractivity contribution in [3.8, 4) is 11.1 Å². The normalized spacial score (nSPS) is 16.4. The average Bonchev–Trinajstić information content (AvgIpc) is 3.36. The molecular weight excluding hydrogens is 525 g/mol. The molecule has 11 heteroatoms. The molecule has 1 aliphatic carbocycles. The first kappa shape index (κ1) is 27.6. The molecule has 2 heterocycles. The van der Waals surface area contributed by atoms with E-state index in [1.807, 2.05) is 42.5 Å². The van der Waals surface area contributed by atoms with E-state index in [1.54, 1.807) is 12.0 Å². The summed E-state index contributed by atoms with van der Waals surface area (Å²) < 4.78 is 47.5. The Hall–Kier alpha value is -3.99. The molecule has 0 bridgehead atoms. The van der Waals surface area contributed by atoms with Crippen LogP contribution in [0.4, 0.5) is 24.8 Å². The van der Waals surface area contributed by atoms with Crippen molar-refractivity contribution in [2.24, 2.45) is 0 Å². The number of carbonyl (C=O) groups excluding carboxylic acids is 1. The minimum Gasteiger partial charge on any atom is -0.480 e. The van der Waals surface area contributed by atoms with Crippen LogP contribution in [0.1, 0.15) is 59.3 Å². The highest BCUT2D eigenvalue weighted by Gasteiger charge is 2.44. The molecule has 1 aliphatic heterocycles. The molecule has 0 unspecified atom stereocenters. The zero-order chi connectivity index (χ0) is 28.5. The van der Waals surface area contributed by atoms with Crippen LogP contribution in [0.2, 0.25) is 0 Å². The van der Waals surface area contributed by atoms with Crippen LogP contribution in [-0.4, -0.2) is 46.1 Å². The average molecular weight is 555 g/mol. The van der Waals surface area contributed by atoms with Crippen LogP contribution < -0.4 is 10.2 Å². The molecule has 0 saturated heterocycles. The molecule has 2 N–H and O–H groups in total. The first-order valence-electron chi connectivity index (χ1n) is 13.1. The first-order valence-corrected chi connectivity index (χ1v) is 13.1. The number of ether oxygens (including phenoxy) is 1. The van der Waals surface area contributed by atoms with Gasteiger partial charge in [-0.3, -0.25) is 4.79 Å². The summed E-state index contributed by atoms with van der Waals surface area (Å²) >= 11 is 0. The number of hydrogen-bond acceptors (Lipinski definition) is 6. The Labute approximate surface area is 229 Å². The quantitative estimate of drug-likeness (QED) is 0.396. The fourth-order valence-electron chi connectivity index (χ4n) is 5.47. The van der Waals surface area contributed by atoms with Crippen LogP contribution in [0.5, 0.6) is 0 Å². The van der Waals surface area contributed by atoms with E-state index in [0.717, 1.165) is 34.9 Å². The van der Waals surface area contributed by atoms with Crippen molar-refractivity contribution < 1.29 is 32.6 Å². The molecule has 0 radical (unpaired) electrons. The van der Waals surface area contributed by atoms with Gasteiger partial charge in [0.25, 0.3) is 5.91 Å². The van der Waals surface area contributed by atoms with E-state index < -0.39 is 34.8 Å². The maximum Gasteiger partial charge on any atom is 0.434 e. The third-order valence-electron chi connectivity index (χ3n) is 7.57. The number of alkyl halides is 3. The summed E-state index contributed by atoms with van der Waals surface area (Å²) in [4.78, 5) is 34.4. The highest BCUT2D eigenvalue weighted by Crippen LogP contribution is 2.38. The summed E-state index contributed by atoms with van der Waals surface area (Å²) in [6, 6.07) is 13.7. The lowest BCUT2D eigenvalue weighted by Crippen LogP contribution is -2.55. The lowest BCUT2D eigenvalue weighted by atomic mass is 9.81. The lowest BCUT2D eigenvalue weighted by molar-refractivity contribution is -0.145. The number of fused-ring (bicyclic) bond motifs is 1. The zero-order valence-electron chi connectivity index (χ0n) is 21.9. The molecule has 1 fully saturated rings. The predicted molar refractivity (Wildman–Crippen MR) is 141 cm³/mol. The monoisotopic (exact) mass is 554 g/mol. The molecule has 8 nitrogen and oxygen atoms in total. The highest BCUT2D eigenvalue weighted by molar-refractivity contribution is 5.98. The topological polar surface area (TPSA) is 105 Å². The molecule has 2 aliphatic rings. The van der Waals surface area contributed by atoms with E-state index in [4.69, 9.17) is 4.74 Å². The van der Waals surface area contributed by atoms with Gasteiger partial charge in [0.05, 0.1) is 12.2 Å². The summed E-state index contributed by atoms with van der Waals surface area (Å²) in [6.45, 7) is 0.886. The standard InChI is InChI=1S/C29H29F3N4O4/c1-40-17-18-5-7-19(8-6-18)20-9-10-23-21(15-20)11-14-36(23)27-33-16-22(24(34-27)29(30,31)32)25(37)35-28(26(38)39)12-3-2-4-13-28/h5-10,15-16H,2-4,11-14,17H2,1H3,(H,35,37)(H,38,39). The van der Waals surface area contributed by atoms with Crippen LogP contribution in [-0.2, 0) is 28.7 Å². The van der Waals surface area contributed by atoms with Gasteiger partial charge in [-0.1, -0.05) is 49.6 Å². The number of benzene rings is 2. The van der Waals surface area contributed by atoms with Crippen LogP contribution in [0.3, 0.4) is 0 Å². The lowest BCUT2D eigenvalue weighted by Gasteiger charge is -2.34. The van der Waals surface area contributed by atoms with Crippen molar-refractivity contribution in [1.29, 1.82) is 0 Å². The fraction of sp³-hybridized carbons (Fsp3) is 0.379. The summed E-state index contributed by atoms with van der Waals surface area (Å²) in [5, 5.41) is 12.1. The number of methoxy groups -OCH3 is 1. The SMILES string of the molecule is COCc1ccc(-c2ccc3c(c2)CCN3c2ncc(C(=O)NC3(C(=O)O)CCCCC3)c(C(F)(F)F)n2)cc1. The summed E-state index contributed by atoms with van der Waals surface area (Å²) in [5.41, 5.74) is 0.863. The van der Waals surface area contributed by atoms with Gasteiger partial charge in [0.2, 0.25) is 5.95 Å². The largest absolute Gasteiger partial charge is 0.480 e. The predicted octanol–water partition coefficient (Wildman–Crippen LogP) is 5.52. The van der Waals surface area contributed by atoms with Gasteiger partial charge in [-0.2, -0.15) is 13.2 Å². The molecule has 3 aromatic rings. The number of rotatable bonds is 7. The van der Waals surface area contributed by atoms with E-state index in [-0.39, 0.29) is 18.8 Å². The number of hydrogen-bond donors (Lipinski definition) is 2. The van der Waals surface area contributed by atoms with Gasteiger partial charge >= 0.3 is 12.1 Å². The van der Waals surface area contributed by atoms with Crippen molar-refractivity contribution >= 4 is 23.5 Å². The van der Waals surface area contributed by atoms with Gasteiger partial charge < -0.3 is 20.1 Å². The van der Waals surface area contributed by atoms with Crippen molar-refractivity contribution in [2.45, 2.75) is 56.8 Å². The molecule has 0 spiro atoms. The van der Waals surface area contributed by atoms with Crippen molar-refractivity contribution in [1.82, 2.24) is 15.3 Å². The molecule has 2 aromatic carbocycles. The number of aliphatic carboxylic acids is 1. The Morgan fingerprint density at radius 1 is 1.07 bits per heavy atom. The minimum absolute atomic E-state index is 0.151. The number of halogens is 3. The minimum atomic E-state index is -4.95. The number of nitrogens with one attached hydrogen (secondary N) is 1. The Bertz CT molecular complexity index is 1420. The molecule has 1 saturated carbocycles. The molecule has 40 heavy (non-hydrogen) atoms. The van der Waals surface area contributed by atoms with Crippen molar-refractivity contribution in [3.05, 3.63) is 71.0 Å². The van der Waals surface area contributed by atoms with E-state index in [2.05, 4.69) is 15.3 Å². The van der Waals surface area contributed by atoms with E-state index in [1.165, 1.54) is 0 Å². The number of aromatic nitrogens is 2.